The summed E-state index contributed by atoms with van der Waals surface area (Å²) in [6, 6.07) is 0. The van der Waals surface area contributed by atoms with Crippen molar-refractivity contribution in [3.63, 3.8) is 0 Å². The summed E-state index contributed by atoms with van der Waals surface area (Å²) in [5.74, 6) is -2.38. The topological polar surface area (TPSA) is 157 Å². The van der Waals surface area contributed by atoms with Crippen LogP contribution >= 0.6 is 0 Å². The molecular weight excluding hydrogens is 370 g/mol. The third kappa shape index (κ3) is 18.3. The molecule has 0 aromatic carbocycles. The maximum atomic E-state index is 11.1. The normalized spacial score (nSPS) is 13.1. The molecule has 0 aliphatic rings. The number of primary amides is 1. The van der Waals surface area contributed by atoms with Gasteiger partial charge in [0.05, 0.1) is 11.8 Å². The molecule has 0 aromatic heterocycles. The zero-order chi connectivity index (χ0) is 22.7. The van der Waals surface area contributed by atoms with Crippen molar-refractivity contribution in [1.82, 2.24) is 10.6 Å². The number of carboxylic acid groups (broad SMARTS) is 1. The Morgan fingerprint density at radius 3 is 1.39 bits per heavy atom. The summed E-state index contributed by atoms with van der Waals surface area (Å²) in [6.45, 7) is 14.0. The van der Waals surface area contributed by atoms with Crippen molar-refractivity contribution in [2.24, 2.45) is 17.6 Å². The Labute approximate surface area is 166 Å². The molecule has 164 valence electrons. The highest BCUT2D eigenvalue weighted by atomic mass is 16.6. The lowest BCUT2D eigenvalue weighted by molar-refractivity contribution is -0.140. The molecule has 0 saturated carbocycles. The zero-order valence-corrected chi connectivity index (χ0v) is 18.0. The maximum Gasteiger partial charge on any atom is 0.407 e. The molecule has 2 atom stereocenters. The predicted molar refractivity (Wildman–Crippen MR) is 104 cm³/mol. The minimum absolute atomic E-state index is 0.0737. The number of rotatable bonds is 6. The number of nitrogens with two attached hydrogens (primary N) is 1. The van der Waals surface area contributed by atoms with Crippen LogP contribution in [0.3, 0.4) is 0 Å². The Morgan fingerprint density at radius 1 is 0.821 bits per heavy atom. The van der Waals surface area contributed by atoms with E-state index >= 15 is 0 Å². The first-order valence-electron chi connectivity index (χ1n) is 8.90. The summed E-state index contributed by atoms with van der Waals surface area (Å²) in [7, 11) is 0. The number of nitrogens with one attached hydrogen (secondary N) is 2. The predicted octanol–water partition coefficient (Wildman–Crippen LogP) is 1.86. The third-order valence-electron chi connectivity index (χ3n) is 2.81. The summed E-state index contributed by atoms with van der Waals surface area (Å²) in [5.41, 5.74) is 3.93. The number of alkyl carbamates (subject to hydrolysis) is 2. The van der Waals surface area contributed by atoms with Crippen LogP contribution in [0, 0.1) is 11.8 Å². The van der Waals surface area contributed by atoms with Gasteiger partial charge in [-0.05, 0) is 41.5 Å². The molecule has 0 heterocycles. The monoisotopic (exact) mass is 405 g/mol. The van der Waals surface area contributed by atoms with Crippen molar-refractivity contribution in [3.05, 3.63) is 0 Å². The van der Waals surface area contributed by atoms with Crippen molar-refractivity contribution < 1.29 is 33.8 Å². The van der Waals surface area contributed by atoms with Crippen LogP contribution in [0.15, 0.2) is 0 Å². The second kappa shape index (κ2) is 12.0. The largest absolute Gasteiger partial charge is 0.481 e. The first-order valence-corrected chi connectivity index (χ1v) is 8.90. The van der Waals surface area contributed by atoms with Crippen LogP contribution in [-0.4, -0.2) is 53.5 Å². The van der Waals surface area contributed by atoms with Crippen LogP contribution < -0.4 is 16.4 Å². The van der Waals surface area contributed by atoms with Crippen LogP contribution in [0.1, 0.15) is 55.4 Å². The summed E-state index contributed by atoms with van der Waals surface area (Å²) in [6.07, 6.45) is -1.13. The van der Waals surface area contributed by atoms with E-state index in [9.17, 15) is 19.2 Å². The first-order chi connectivity index (χ1) is 12.4. The van der Waals surface area contributed by atoms with Crippen LogP contribution in [0.25, 0.3) is 0 Å². The number of aliphatic carboxylic acids is 1. The van der Waals surface area contributed by atoms with Gasteiger partial charge < -0.3 is 30.9 Å². The minimum atomic E-state index is -0.943. The van der Waals surface area contributed by atoms with E-state index in [1.54, 1.807) is 48.5 Å². The Balaban J connectivity index is 0. The van der Waals surface area contributed by atoms with Crippen molar-refractivity contribution in [2.75, 3.05) is 13.1 Å². The van der Waals surface area contributed by atoms with Gasteiger partial charge in [0.25, 0.3) is 0 Å². The van der Waals surface area contributed by atoms with Gasteiger partial charge in [-0.2, -0.15) is 0 Å². The van der Waals surface area contributed by atoms with E-state index in [0.717, 1.165) is 0 Å². The molecule has 0 aromatic rings. The second-order valence-corrected chi connectivity index (χ2v) is 8.31. The molecule has 10 nitrogen and oxygen atoms in total. The van der Waals surface area contributed by atoms with Gasteiger partial charge in [-0.1, -0.05) is 13.8 Å². The molecule has 0 saturated heterocycles. The van der Waals surface area contributed by atoms with Gasteiger partial charge in [0.15, 0.2) is 0 Å². The lowest BCUT2D eigenvalue weighted by Crippen LogP contribution is -2.37. The third-order valence-corrected chi connectivity index (χ3v) is 2.81. The van der Waals surface area contributed by atoms with Crippen LogP contribution in [0.5, 0.6) is 0 Å². The van der Waals surface area contributed by atoms with Crippen LogP contribution in [-0.2, 0) is 19.1 Å². The van der Waals surface area contributed by atoms with Gasteiger partial charge in [-0.3, -0.25) is 9.59 Å². The van der Waals surface area contributed by atoms with E-state index in [0.29, 0.717) is 0 Å². The van der Waals surface area contributed by atoms with E-state index in [1.165, 1.54) is 6.92 Å². The smallest absolute Gasteiger partial charge is 0.407 e. The van der Waals surface area contributed by atoms with Crippen molar-refractivity contribution >= 4 is 24.1 Å². The van der Waals surface area contributed by atoms with E-state index in [2.05, 4.69) is 10.6 Å². The van der Waals surface area contributed by atoms with Gasteiger partial charge in [0.1, 0.15) is 11.2 Å². The quantitative estimate of drug-likeness (QED) is 0.525. The fourth-order valence-corrected chi connectivity index (χ4v) is 1.29. The second-order valence-electron chi connectivity index (χ2n) is 8.31. The molecule has 0 spiro atoms. The Morgan fingerprint density at radius 2 is 1.14 bits per heavy atom. The molecule has 0 bridgehead atoms. The Hall–Kier alpha value is -2.52. The molecule has 0 unspecified atom stereocenters. The van der Waals surface area contributed by atoms with Gasteiger partial charge >= 0.3 is 18.2 Å². The number of hydrogen-bond donors (Lipinski definition) is 4. The highest BCUT2D eigenvalue weighted by molar-refractivity contribution is 5.77. The van der Waals surface area contributed by atoms with Crippen LogP contribution in [0.4, 0.5) is 9.59 Å². The maximum absolute atomic E-state index is 11.1. The molecular formula is C18H35N3O7. The minimum Gasteiger partial charge on any atom is -0.481 e. The van der Waals surface area contributed by atoms with Crippen LogP contribution in [0.2, 0.25) is 0 Å². The van der Waals surface area contributed by atoms with Crippen molar-refractivity contribution in [2.45, 2.75) is 66.6 Å². The highest BCUT2D eigenvalue weighted by Gasteiger charge is 2.18. The van der Waals surface area contributed by atoms with Gasteiger partial charge in [-0.15, -0.1) is 0 Å². The fraction of sp³-hybridized carbons (Fsp3) is 0.778. The van der Waals surface area contributed by atoms with Gasteiger partial charge in [-0.25, -0.2) is 9.59 Å². The SMILES string of the molecule is C[C@H](CNC(=O)OC(C)(C)C)C(=O)O.C[C@H](CNC(=O)OC(C)(C)C)C(N)=O. The van der Waals surface area contributed by atoms with E-state index in [1.807, 2.05) is 0 Å². The number of carbonyl (C=O) groups is 4. The van der Waals surface area contributed by atoms with E-state index in [-0.39, 0.29) is 19.0 Å². The fourth-order valence-electron chi connectivity index (χ4n) is 1.29. The lowest BCUT2D eigenvalue weighted by Gasteiger charge is -2.20. The molecule has 5 N–H and O–H groups in total. The molecule has 0 aliphatic heterocycles. The number of ether oxygens (including phenoxy) is 2. The molecule has 3 amide bonds. The molecule has 10 heteroatoms. The number of hydrogen-bond acceptors (Lipinski definition) is 6. The van der Waals surface area contributed by atoms with Crippen molar-refractivity contribution in [1.29, 1.82) is 0 Å². The average molecular weight is 405 g/mol. The molecule has 0 radical (unpaired) electrons. The molecule has 28 heavy (non-hydrogen) atoms. The molecule has 0 fully saturated rings. The average Bonchev–Trinajstić information content (AvgIpc) is 2.47. The van der Waals surface area contributed by atoms with Gasteiger partial charge in [0.2, 0.25) is 5.91 Å². The van der Waals surface area contributed by atoms with E-state index in [4.69, 9.17) is 20.3 Å². The van der Waals surface area contributed by atoms with E-state index < -0.39 is 41.2 Å². The first kappa shape index (κ1) is 27.7. The Bertz CT molecular complexity index is 488. The summed E-state index contributed by atoms with van der Waals surface area (Å²) in [5, 5.41) is 13.4. The van der Waals surface area contributed by atoms with Crippen molar-refractivity contribution in [3.8, 4) is 0 Å². The van der Waals surface area contributed by atoms with Gasteiger partial charge in [0, 0.05) is 13.1 Å². The number of amides is 3. The number of carboxylic acids is 1. The zero-order valence-electron chi connectivity index (χ0n) is 18.0. The summed E-state index contributed by atoms with van der Waals surface area (Å²) in [4.78, 5) is 43.2. The Kier molecular flexibility index (Phi) is 11.9. The lowest BCUT2D eigenvalue weighted by atomic mass is 10.2. The summed E-state index contributed by atoms with van der Waals surface area (Å²) < 4.78 is 9.89. The highest BCUT2D eigenvalue weighted by Crippen LogP contribution is 2.07. The molecule has 0 rings (SSSR count). The number of carbonyl (C=O) groups excluding carboxylic acids is 3. The summed E-state index contributed by atoms with van der Waals surface area (Å²) >= 11 is 0. The standard InChI is InChI=1S/C9H18N2O3.C9H17NO4/c1-6(7(10)12)5-11-8(13)14-9(2,3)4;1-6(7(11)12)5-10-8(13)14-9(2,3)4/h6H,5H2,1-4H3,(H2,10,12)(H,11,13);6H,5H2,1-4H3,(H,10,13)(H,11,12)/t2*6-/m11/s1. The molecule has 0 aliphatic carbocycles.